The molecule has 60 valence electrons. The van der Waals surface area contributed by atoms with E-state index in [1.54, 1.807) is 12.2 Å². The molecule has 0 aliphatic heterocycles. The molecule has 0 aliphatic rings. The number of aliphatic hydroxyl groups excluding tert-OH is 1. The van der Waals surface area contributed by atoms with Gasteiger partial charge < -0.3 is 5.11 Å². The monoisotopic (exact) mass is 150 g/mol. The molecule has 0 saturated heterocycles. The van der Waals surface area contributed by atoms with E-state index in [-0.39, 0.29) is 6.61 Å². The highest BCUT2D eigenvalue weighted by atomic mass is 16.2. The molecule has 0 radical (unpaired) electrons. The van der Waals surface area contributed by atoms with Gasteiger partial charge in [-0.3, -0.25) is 0 Å². The zero-order valence-corrected chi connectivity index (χ0v) is 6.77. The molecule has 0 aromatic carbocycles. The van der Waals surface area contributed by atoms with Gasteiger partial charge in [-0.1, -0.05) is 48.6 Å². The summed E-state index contributed by atoms with van der Waals surface area (Å²) in [5.41, 5.74) is 0. The topological polar surface area (TPSA) is 20.2 Å². The van der Waals surface area contributed by atoms with Crippen LogP contribution < -0.4 is 0 Å². The van der Waals surface area contributed by atoms with Gasteiger partial charge in [0, 0.05) is 0 Å². The second kappa shape index (κ2) is 8.92. The molecule has 0 atom stereocenters. The van der Waals surface area contributed by atoms with Crippen LogP contribution in [0.3, 0.4) is 0 Å². The van der Waals surface area contributed by atoms with Crippen LogP contribution in [0.2, 0.25) is 0 Å². The summed E-state index contributed by atoms with van der Waals surface area (Å²) in [4.78, 5) is 0. The summed E-state index contributed by atoms with van der Waals surface area (Å²) in [5.74, 6) is 0. The Morgan fingerprint density at radius 1 is 0.909 bits per heavy atom. The Hall–Kier alpha value is -1.08. The summed E-state index contributed by atoms with van der Waals surface area (Å²) in [6, 6.07) is 0. The van der Waals surface area contributed by atoms with Crippen molar-refractivity contribution < 1.29 is 5.11 Å². The third-order valence-corrected chi connectivity index (χ3v) is 0.989. The Morgan fingerprint density at radius 2 is 1.45 bits per heavy atom. The van der Waals surface area contributed by atoms with E-state index in [9.17, 15) is 0 Å². The van der Waals surface area contributed by atoms with Crippen molar-refractivity contribution in [2.24, 2.45) is 0 Å². The Balaban J connectivity index is 3.51. The fourth-order valence-corrected chi connectivity index (χ4v) is 0.507. The Kier molecular flexibility index (Phi) is 8.04. The van der Waals surface area contributed by atoms with Crippen LogP contribution >= 0.6 is 0 Å². The molecule has 1 N–H and O–H groups in total. The van der Waals surface area contributed by atoms with E-state index < -0.39 is 0 Å². The molecular weight excluding hydrogens is 136 g/mol. The first kappa shape index (κ1) is 9.92. The largest absolute Gasteiger partial charge is 0.392 e. The van der Waals surface area contributed by atoms with E-state index >= 15 is 0 Å². The lowest BCUT2D eigenvalue weighted by atomic mass is 10.4. The van der Waals surface area contributed by atoms with Crippen LogP contribution in [0.5, 0.6) is 0 Å². The van der Waals surface area contributed by atoms with Gasteiger partial charge in [-0.2, -0.15) is 0 Å². The van der Waals surface area contributed by atoms with Gasteiger partial charge in [-0.05, 0) is 6.92 Å². The lowest BCUT2D eigenvalue weighted by molar-refractivity contribution is 0.343. The number of hydrogen-bond donors (Lipinski definition) is 1. The van der Waals surface area contributed by atoms with Crippen molar-refractivity contribution in [2.75, 3.05) is 6.61 Å². The Bertz CT molecular complexity index is 173. The first-order valence-corrected chi connectivity index (χ1v) is 3.64. The molecule has 11 heavy (non-hydrogen) atoms. The van der Waals surface area contributed by atoms with Gasteiger partial charge >= 0.3 is 0 Å². The van der Waals surface area contributed by atoms with Gasteiger partial charge in [-0.25, -0.2) is 0 Å². The van der Waals surface area contributed by atoms with Gasteiger partial charge in [-0.15, -0.1) is 0 Å². The number of aliphatic hydroxyl groups is 1. The van der Waals surface area contributed by atoms with Crippen molar-refractivity contribution in [1.29, 1.82) is 0 Å². The molecule has 0 spiro atoms. The molecule has 0 saturated carbocycles. The standard InChI is InChI=1S/C10H14O/c1-2-3-4-5-6-7-8-9-10-11/h2-9,11H,10H2,1H3. The van der Waals surface area contributed by atoms with Crippen LogP contribution in [0, 0.1) is 0 Å². The molecule has 0 rings (SSSR count). The third kappa shape index (κ3) is 8.92. The molecule has 1 heteroatoms. The van der Waals surface area contributed by atoms with Crippen LogP contribution in [-0.4, -0.2) is 11.7 Å². The van der Waals surface area contributed by atoms with E-state index in [1.807, 2.05) is 43.4 Å². The molecule has 0 heterocycles. The molecular formula is C10H14O. The molecule has 0 amide bonds. The highest BCUT2D eigenvalue weighted by molar-refractivity contribution is 5.14. The summed E-state index contributed by atoms with van der Waals surface area (Å²) >= 11 is 0. The van der Waals surface area contributed by atoms with Gasteiger partial charge in [0.15, 0.2) is 0 Å². The average molecular weight is 150 g/mol. The zero-order chi connectivity index (χ0) is 8.36. The van der Waals surface area contributed by atoms with E-state index in [2.05, 4.69) is 0 Å². The normalized spacial score (nSPS) is 13.3. The maximum atomic E-state index is 8.36. The van der Waals surface area contributed by atoms with Crippen molar-refractivity contribution in [3.8, 4) is 0 Å². The van der Waals surface area contributed by atoms with E-state index in [0.717, 1.165) is 0 Å². The number of rotatable bonds is 4. The fourth-order valence-electron chi connectivity index (χ4n) is 0.507. The van der Waals surface area contributed by atoms with Crippen molar-refractivity contribution in [2.45, 2.75) is 6.92 Å². The maximum Gasteiger partial charge on any atom is 0.0615 e. The van der Waals surface area contributed by atoms with Crippen molar-refractivity contribution in [3.63, 3.8) is 0 Å². The SMILES string of the molecule is CC=CC=CC=CC=CCO. The van der Waals surface area contributed by atoms with E-state index in [1.165, 1.54) is 0 Å². The van der Waals surface area contributed by atoms with Crippen LogP contribution in [0.15, 0.2) is 48.6 Å². The van der Waals surface area contributed by atoms with Gasteiger partial charge in [0.05, 0.1) is 6.61 Å². The predicted octanol–water partition coefficient (Wildman–Crippen LogP) is 2.22. The van der Waals surface area contributed by atoms with Gasteiger partial charge in [0.2, 0.25) is 0 Å². The average Bonchev–Trinajstić information content (AvgIpc) is 2.03. The number of hydrogen-bond acceptors (Lipinski definition) is 1. The van der Waals surface area contributed by atoms with E-state index in [0.29, 0.717) is 0 Å². The first-order valence-electron chi connectivity index (χ1n) is 3.64. The molecule has 1 nitrogen and oxygen atoms in total. The summed E-state index contributed by atoms with van der Waals surface area (Å²) in [7, 11) is 0. The lowest BCUT2D eigenvalue weighted by Crippen LogP contribution is -1.66. The smallest absolute Gasteiger partial charge is 0.0615 e. The molecule has 0 aliphatic carbocycles. The minimum Gasteiger partial charge on any atom is -0.392 e. The van der Waals surface area contributed by atoms with Crippen molar-refractivity contribution >= 4 is 0 Å². The van der Waals surface area contributed by atoms with Gasteiger partial charge in [0.25, 0.3) is 0 Å². The van der Waals surface area contributed by atoms with E-state index in [4.69, 9.17) is 5.11 Å². The second-order valence-electron chi connectivity index (χ2n) is 1.91. The van der Waals surface area contributed by atoms with Crippen molar-refractivity contribution in [3.05, 3.63) is 48.6 Å². The second-order valence-corrected chi connectivity index (χ2v) is 1.91. The molecule has 0 aromatic rings. The lowest BCUT2D eigenvalue weighted by Gasteiger charge is -1.74. The quantitative estimate of drug-likeness (QED) is 0.609. The predicted molar refractivity (Wildman–Crippen MR) is 49.3 cm³/mol. The molecule has 0 unspecified atom stereocenters. The summed E-state index contributed by atoms with van der Waals surface area (Å²) < 4.78 is 0. The summed E-state index contributed by atoms with van der Waals surface area (Å²) in [5, 5.41) is 8.36. The maximum absolute atomic E-state index is 8.36. The Morgan fingerprint density at radius 3 is 2.00 bits per heavy atom. The molecule has 0 aromatic heterocycles. The van der Waals surface area contributed by atoms with Crippen LogP contribution in [0.25, 0.3) is 0 Å². The van der Waals surface area contributed by atoms with Crippen molar-refractivity contribution in [1.82, 2.24) is 0 Å². The molecule has 0 bridgehead atoms. The van der Waals surface area contributed by atoms with Crippen LogP contribution in [-0.2, 0) is 0 Å². The Labute approximate surface area is 68.1 Å². The molecule has 0 fully saturated rings. The summed E-state index contributed by atoms with van der Waals surface area (Å²) in [6.07, 6.45) is 15.1. The number of allylic oxidation sites excluding steroid dienone is 7. The summed E-state index contributed by atoms with van der Waals surface area (Å²) in [6.45, 7) is 2.07. The minimum atomic E-state index is 0.100. The highest BCUT2D eigenvalue weighted by Crippen LogP contribution is 1.81. The van der Waals surface area contributed by atoms with Gasteiger partial charge in [0.1, 0.15) is 0 Å². The third-order valence-electron chi connectivity index (χ3n) is 0.989. The van der Waals surface area contributed by atoms with Crippen LogP contribution in [0.1, 0.15) is 6.92 Å². The van der Waals surface area contributed by atoms with Crippen LogP contribution in [0.4, 0.5) is 0 Å². The highest BCUT2D eigenvalue weighted by Gasteiger charge is 1.62. The first-order chi connectivity index (χ1) is 5.41. The zero-order valence-electron chi connectivity index (χ0n) is 6.77. The minimum absolute atomic E-state index is 0.100. The fraction of sp³-hybridized carbons (Fsp3) is 0.200.